The molecule has 4 atom stereocenters. The minimum atomic E-state index is -0.483. The summed E-state index contributed by atoms with van der Waals surface area (Å²) in [4.78, 5) is 4.36. The molecular weight excluding hydrogens is 365 g/mol. The molecule has 0 amide bonds. The van der Waals surface area contributed by atoms with Gasteiger partial charge in [0.1, 0.15) is 0 Å². The number of oxazole rings is 1. The summed E-state index contributed by atoms with van der Waals surface area (Å²) in [7, 11) is 0. The van der Waals surface area contributed by atoms with E-state index < -0.39 is 11.4 Å². The molecule has 1 radical (unpaired) electrons. The average molecular weight is 383 g/mol. The summed E-state index contributed by atoms with van der Waals surface area (Å²) in [6.45, 7) is 2.28. The number of ether oxygens (including phenoxy) is 1. The van der Waals surface area contributed by atoms with Crippen molar-refractivity contribution in [3.63, 3.8) is 0 Å². The van der Waals surface area contributed by atoms with Crippen LogP contribution >= 0.6 is 0 Å². The van der Waals surface area contributed by atoms with Gasteiger partial charge in [0, 0.05) is 0 Å². The summed E-state index contributed by atoms with van der Waals surface area (Å²) >= 11 is -0.0422. The zero-order chi connectivity index (χ0) is 16.0. The molecule has 2 fully saturated rings. The minimum absolute atomic E-state index is 0.0422. The number of allylic oxidation sites excluding steroid dienone is 3. The van der Waals surface area contributed by atoms with Crippen molar-refractivity contribution in [3.8, 4) is 0 Å². The van der Waals surface area contributed by atoms with Crippen LogP contribution in [0.1, 0.15) is 30.5 Å². The van der Waals surface area contributed by atoms with Crippen molar-refractivity contribution in [3.05, 3.63) is 41.7 Å². The van der Waals surface area contributed by atoms with Crippen molar-refractivity contribution in [2.45, 2.75) is 36.6 Å². The Bertz CT molecular complexity index is 675. The fourth-order valence-electron chi connectivity index (χ4n) is 3.80. The van der Waals surface area contributed by atoms with E-state index >= 15 is 0 Å². The second kappa shape index (κ2) is 5.83. The van der Waals surface area contributed by atoms with Crippen LogP contribution in [-0.2, 0) is 4.74 Å². The Morgan fingerprint density at radius 1 is 1.43 bits per heavy atom. The molecule has 1 aliphatic carbocycles. The first-order valence-corrected chi connectivity index (χ1v) is 10.0. The predicted molar refractivity (Wildman–Crippen MR) is 81.0 cm³/mol. The Labute approximate surface area is 140 Å². The Morgan fingerprint density at radius 3 is 3.04 bits per heavy atom. The summed E-state index contributed by atoms with van der Waals surface area (Å²) in [5, 5.41) is 1.05. The quantitative estimate of drug-likeness (QED) is 0.798. The van der Waals surface area contributed by atoms with Gasteiger partial charge in [-0.15, -0.1) is 0 Å². The third kappa shape index (κ3) is 2.61. The molecule has 4 rings (SSSR count). The van der Waals surface area contributed by atoms with Crippen LogP contribution in [0.3, 0.4) is 0 Å². The summed E-state index contributed by atoms with van der Waals surface area (Å²) in [5.41, 5.74) is 0.411. The van der Waals surface area contributed by atoms with E-state index in [2.05, 4.69) is 9.22 Å². The van der Waals surface area contributed by atoms with Gasteiger partial charge in [0.25, 0.3) is 0 Å². The Balaban J connectivity index is 1.57. The molecule has 1 aromatic rings. The summed E-state index contributed by atoms with van der Waals surface area (Å²) in [6.07, 6.45) is 5.07. The summed E-state index contributed by atoms with van der Waals surface area (Å²) < 4.78 is 42.7. The van der Waals surface area contributed by atoms with E-state index in [0.717, 1.165) is 23.4 Å². The van der Waals surface area contributed by atoms with Crippen LogP contribution in [0.2, 0.25) is 5.21 Å². The van der Waals surface area contributed by atoms with Crippen LogP contribution in [0, 0.1) is 18.8 Å². The van der Waals surface area contributed by atoms with Gasteiger partial charge in [-0.25, -0.2) is 0 Å². The molecule has 4 nitrogen and oxygen atoms in total. The number of nitrogens with zero attached hydrogens (tertiary/aromatic N) is 1. The summed E-state index contributed by atoms with van der Waals surface area (Å²) in [6, 6.07) is 0. The molecule has 0 spiro atoms. The molecular formula is C16H18AsF2N2O2. The molecule has 2 saturated heterocycles. The van der Waals surface area contributed by atoms with Crippen LogP contribution in [0.4, 0.5) is 8.78 Å². The number of fused-ring (bicyclic) bond motifs is 1. The number of hydrogen-bond acceptors (Lipinski definition) is 4. The number of halogens is 2. The first-order chi connectivity index (χ1) is 11.1. The molecule has 7 heteroatoms. The molecule has 0 bridgehead atoms. The SMILES string of the molecule is Cc1coc([C@H]2CC3C[As]NC3(C3CC=C(F)C=C3F)CO2)n1. The zero-order valence-corrected chi connectivity index (χ0v) is 14.6. The standard InChI is InChI=1S/C16H18AsF2N2O2/c1-9-7-22-15(20-9)14-4-10-6-17-21-16(10,8-23-14)12-3-2-11(18)5-13(12)19/h2,5,7,10,12,14,21H,3-4,6,8H2,1H3/t10?,12?,14-,16?/m1/s1. The molecule has 3 unspecified atom stereocenters. The first kappa shape index (κ1) is 15.5. The van der Waals surface area contributed by atoms with Crippen molar-refractivity contribution < 1.29 is 17.9 Å². The van der Waals surface area contributed by atoms with Crippen LogP contribution in [0.5, 0.6) is 0 Å². The zero-order valence-electron chi connectivity index (χ0n) is 12.8. The number of aryl methyl sites for hydroxylation is 1. The van der Waals surface area contributed by atoms with Gasteiger partial charge in [-0.05, 0) is 0 Å². The average Bonchev–Trinajstić information content (AvgIpc) is 3.13. The van der Waals surface area contributed by atoms with E-state index in [-0.39, 0.29) is 33.8 Å². The van der Waals surface area contributed by atoms with Gasteiger partial charge in [0.2, 0.25) is 0 Å². The van der Waals surface area contributed by atoms with Crippen LogP contribution in [-0.4, -0.2) is 33.1 Å². The van der Waals surface area contributed by atoms with Gasteiger partial charge in [-0.2, -0.15) is 0 Å². The first-order valence-electron chi connectivity index (χ1n) is 7.78. The molecule has 2 aliphatic heterocycles. The fraction of sp³-hybridized carbons (Fsp3) is 0.562. The van der Waals surface area contributed by atoms with Gasteiger partial charge in [-0.1, -0.05) is 0 Å². The Hall–Kier alpha value is -0.972. The van der Waals surface area contributed by atoms with E-state index in [9.17, 15) is 8.78 Å². The third-order valence-corrected chi connectivity index (χ3v) is 7.55. The van der Waals surface area contributed by atoms with E-state index in [1.165, 1.54) is 6.08 Å². The number of aromatic nitrogens is 1. The molecule has 0 saturated carbocycles. The molecule has 1 N–H and O–H groups in total. The maximum absolute atomic E-state index is 14.4. The van der Waals surface area contributed by atoms with Gasteiger partial charge in [0.15, 0.2) is 0 Å². The van der Waals surface area contributed by atoms with Crippen LogP contribution in [0.15, 0.2) is 34.5 Å². The maximum atomic E-state index is 14.4. The molecule has 3 aliphatic rings. The van der Waals surface area contributed by atoms with Crippen molar-refractivity contribution in [1.29, 1.82) is 0 Å². The van der Waals surface area contributed by atoms with E-state index in [1.54, 1.807) is 6.26 Å². The summed E-state index contributed by atoms with van der Waals surface area (Å²) in [5.74, 6) is -0.309. The molecule has 3 heterocycles. The molecule has 1 aromatic heterocycles. The van der Waals surface area contributed by atoms with E-state index in [0.29, 0.717) is 24.8 Å². The van der Waals surface area contributed by atoms with Crippen LogP contribution < -0.4 is 4.23 Å². The number of nitrogens with one attached hydrogen (secondary N) is 1. The predicted octanol–water partition coefficient (Wildman–Crippen LogP) is 3.17. The van der Waals surface area contributed by atoms with Crippen molar-refractivity contribution in [2.75, 3.05) is 6.61 Å². The van der Waals surface area contributed by atoms with Crippen molar-refractivity contribution in [2.24, 2.45) is 11.8 Å². The second-order valence-electron chi connectivity index (χ2n) is 6.46. The van der Waals surface area contributed by atoms with Crippen molar-refractivity contribution >= 4 is 16.0 Å². The van der Waals surface area contributed by atoms with Gasteiger partial charge in [-0.3, -0.25) is 0 Å². The Morgan fingerprint density at radius 2 is 2.30 bits per heavy atom. The Kier molecular flexibility index (Phi) is 3.94. The third-order valence-electron chi connectivity index (χ3n) is 5.04. The van der Waals surface area contributed by atoms with E-state index in [1.807, 2.05) is 6.92 Å². The molecule has 23 heavy (non-hydrogen) atoms. The van der Waals surface area contributed by atoms with Gasteiger partial charge in [0.05, 0.1) is 0 Å². The van der Waals surface area contributed by atoms with Gasteiger partial charge >= 0.3 is 140 Å². The monoisotopic (exact) mass is 383 g/mol. The second-order valence-corrected chi connectivity index (χ2v) is 8.36. The fourth-order valence-corrected chi connectivity index (χ4v) is 6.92. The normalized spacial score (nSPS) is 38.3. The van der Waals surface area contributed by atoms with Gasteiger partial charge < -0.3 is 0 Å². The topological polar surface area (TPSA) is 47.3 Å². The number of rotatable bonds is 2. The molecule has 123 valence electrons. The molecule has 0 aromatic carbocycles. The van der Waals surface area contributed by atoms with Crippen LogP contribution in [0.25, 0.3) is 0 Å². The van der Waals surface area contributed by atoms with E-state index in [4.69, 9.17) is 9.15 Å². The number of hydrogen-bond donors (Lipinski definition) is 1. The van der Waals surface area contributed by atoms with Crippen molar-refractivity contribution in [1.82, 2.24) is 9.22 Å².